The molecule has 34 heavy (non-hydrogen) atoms. The molecule has 2 saturated carbocycles. The van der Waals surface area contributed by atoms with Gasteiger partial charge in [-0.3, -0.25) is 9.59 Å². The van der Waals surface area contributed by atoms with Crippen molar-refractivity contribution in [3.63, 3.8) is 0 Å². The van der Waals surface area contributed by atoms with Crippen molar-refractivity contribution in [2.45, 2.75) is 70.6 Å². The van der Waals surface area contributed by atoms with Gasteiger partial charge in [0, 0.05) is 45.9 Å². The van der Waals surface area contributed by atoms with Crippen LogP contribution in [0.25, 0.3) is 22.0 Å². The monoisotopic (exact) mass is 457 g/mol. The SMILES string of the molecule is O=C(Nc1ccc(-c2c[nH]c3ccc(NC(=O)C4CCCCC4)cc23)cc1)C1CCCCCC1. The molecule has 2 amide bonds. The molecule has 1 aromatic heterocycles. The number of anilines is 2. The van der Waals surface area contributed by atoms with Crippen LogP contribution in [0.5, 0.6) is 0 Å². The Hall–Kier alpha value is -3.08. The largest absolute Gasteiger partial charge is 0.361 e. The van der Waals surface area contributed by atoms with Gasteiger partial charge in [-0.1, -0.05) is 57.1 Å². The first-order chi connectivity index (χ1) is 16.7. The number of benzene rings is 2. The maximum Gasteiger partial charge on any atom is 0.227 e. The second-order valence-electron chi connectivity index (χ2n) is 10.0. The normalized spacial score (nSPS) is 17.9. The van der Waals surface area contributed by atoms with Crippen LogP contribution in [0.1, 0.15) is 70.6 Å². The van der Waals surface area contributed by atoms with Crippen LogP contribution in [0.4, 0.5) is 11.4 Å². The summed E-state index contributed by atoms with van der Waals surface area (Å²) >= 11 is 0. The number of carbonyl (C=O) groups excluding carboxylic acids is 2. The second-order valence-corrected chi connectivity index (χ2v) is 10.0. The van der Waals surface area contributed by atoms with E-state index in [1.807, 2.05) is 30.5 Å². The van der Waals surface area contributed by atoms with Gasteiger partial charge >= 0.3 is 0 Å². The van der Waals surface area contributed by atoms with Gasteiger partial charge in [0.05, 0.1) is 0 Å². The van der Waals surface area contributed by atoms with Crippen LogP contribution in [0.2, 0.25) is 0 Å². The summed E-state index contributed by atoms with van der Waals surface area (Å²) in [5, 5.41) is 7.34. The molecule has 0 aliphatic heterocycles. The number of amides is 2. The number of rotatable bonds is 5. The minimum atomic E-state index is 0.135. The van der Waals surface area contributed by atoms with Crippen LogP contribution in [-0.4, -0.2) is 16.8 Å². The predicted molar refractivity (Wildman–Crippen MR) is 139 cm³/mol. The highest BCUT2D eigenvalue weighted by Crippen LogP contribution is 2.32. The summed E-state index contributed by atoms with van der Waals surface area (Å²) in [6.07, 6.45) is 14.3. The van der Waals surface area contributed by atoms with Gasteiger partial charge in [0.2, 0.25) is 11.8 Å². The molecule has 5 rings (SSSR count). The number of hydrogen-bond acceptors (Lipinski definition) is 2. The van der Waals surface area contributed by atoms with E-state index in [2.05, 4.69) is 33.8 Å². The van der Waals surface area contributed by atoms with E-state index < -0.39 is 0 Å². The van der Waals surface area contributed by atoms with Gasteiger partial charge in [-0.25, -0.2) is 0 Å². The first-order valence-corrected chi connectivity index (χ1v) is 13.0. The van der Waals surface area contributed by atoms with Crippen molar-refractivity contribution in [1.29, 1.82) is 0 Å². The zero-order valence-electron chi connectivity index (χ0n) is 19.9. The van der Waals surface area contributed by atoms with Crippen LogP contribution in [0, 0.1) is 11.8 Å². The molecule has 5 nitrogen and oxygen atoms in total. The number of fused-ring (bicyclic) bond motifs is 1. The lowest BCUT2D eigenvalue weighted by Crippen LogP contribution is -2.24. The van der Waals surface area contributed by atoms with E-state index in [0.717, 1.165) is 84.8 Å². The van der Waals surface area contributed by atoms with E-state index in [4.69, 9.17) is 0 Å². The van der Waals surface area contributed by atoms with Gasteiger partial charge in [-0.2, -0.15) is 0 Å². The Balaban J connectivity index is 1.29. The van der Waals surface area contributed by atoms with E-state index in [1.165, 1.54) is 19.3 Å². The van der Waals surface area contributed by atoms with Gasteiger partial charge in [0.15, 0.2) is 0 Å². The van der Waals surface area contributed by atoms with E-state index >= 15 is 0 Å². The average Bonchev–Trinajstić information content (AvgIpc) is 3.09. The fourth-order valence-electron chi connectivity index (χ4n) is 5.57. The lowest BCUT2D eigenvalue weighted by Gasteiger charge is -2.20. The fraction of sp³-hybridized carbons (Fsp3) is 0.448. The van der Waals surface area contributed by atoms with Crippen molar-refractivity contribution in [3.8, 4) is 11.1 Å². The molecule has 0 saturated heterocycles. The molecule has 0 spiro atoms. The summed E-state index contributed by atoms with van der Waals surface area (Å²) in [6.45, 7) is 0. The first kappa shape index (κ1) is 22.7. The predicted octanol–water partition coefficient (Wildman–Crippen LogP) is 7.26. The number of carbonyl (C=O) groups is 2. The molecule has 1 heterocycles. The number of aromatic nitrogens is 1. The third-order valence-electron chi connectivity index (χ3n) is 7.61. The van der Waals surface area contributed by atoms with Crippen molar-refractivity contribution >= 4 is 34.1 Å². The van der Waals surface area contributed by atoms with Crippen molar-refractivity contribution in [2.75, 3.05) is 10.6 Å². The van der Waals surface area contributed by atoms with Crippen LogP contribution < -0.4 is 10.6 Å². The smallest absolute Gasteiger partial charge is 0.227 e. The van der Waals surface area contributed by atoms with Gasteiger partial charge in [-0.05, 0) is 61.6 Å². The molecule has 2 aliphatic carbocycles. The summed E-state index contributed by atoms with van der Waals surface area (Å²) in [7, 11) is 0. The summed E-state index contributed by atoms with van der Waals surface area (Å²) in [5.74, 6) is 0.568. The molecule has 0 unspecified atom stereocenters. The number of aromatic amines is 1. The Morgan fingerprint density at radius 1 is 0.676 bits per heavy atom. The van der Waals surface area contributed by atoms with Gasteiger partial charge in [-0.15, -0.1) is 0 Å². The third kappa shape index (κ3) is 5.19. The third-order valence-corrected chi connectivity index (χ3v) is 7.61. The zero-order chi connectivity index (χ0) is 23.3. The van der Waals surface area contributed by atoms with Gasteiger partial charge in [0.1, 0.15) is 0 Å². The van der Waals surface area contributed by atoms with Gasteiger partial charge < -0.3 is 15.6 Å². The molecule has 3 N–H and O–H groups in total. The molecule has 178 valence electrons. The van der Waals surface area contributed by atoms with Crippen LogP contribution in [0.3, 0.4) is 0 Å². The molecule has 2 aliphatic rings. The highest BCUT2D eigenvalue weighted by molar-refractivity contribution is 6.00. The minimum absolute atomic E-state index is 0.135. The van der Waals surface area contributed by atoms with E-state index in [1.54, 1.807) is 0 Å². The van der Waals surface area contributed by atoms with E-state index in [9.17, 15) is 9.59 Å². The first-order valence-electron chi connectivity index (χ1n) is 13.0. The Bertz CT molecular complexity index is 1130. The van der Waals surface area contributed by atoms with Gasteiger partial charge in [0.25, 0.3) is 0 Å². The molecule has 3 aromatic rings. The fourth-order valence-corrected chi connectivity index (χ4v) is 5.57. The van der Waals surface area contributed by atoms with Crippen LogP contribution >= 0.6 is 0 Å². The molecular formula is C29H35N3O2. The maximum absolute atomic E-state index is 12.7. The molecule has 0 radical (unpaired) electrons. The minimum Gasteiger partial charge on any atom is -0.361 e. The highest BCUT2D eigenvalue weighted by Gasteiger charge is 2.22. The molecule has 0 bridgehead atoms. The zero-order valence-corrected chi connectivity index (χ0v) is 19.9. The Labute approximate surface area is 201 Å². The lowest BCUT2D eigenvalue weighted by molar-refractivity contribution is -0.121. The van der Waals surface area contributed by atoms with Crippen molar-refractivity contribution < 1.29 is 9.59 Å². The Kier molecular flexibility index (Phi) is 6.98. The van der Waals surface area contributed by atoms with Crippen LogP contribution in [0.15, 0.2) is 48.7 Å². The summed E-state index contributed by atoms with van der Waals surface area (Å²) < 4.78 is 0. The lowest BCUT2D eigenvalue weighted by atomic mass is 9.88. The molecule has 5 heteroatoms. The summed E-state index contributed by atoms with van der Waals surface area (Å²) in [5.41, 5.74) is 4.89. The van der Waals surface area contributed by atoms with E-state index in [-0.39, 0.29) is 23.7 Å². The Morgan fingerprint density at radius 3 is 1.82 bits per heavy atom. The molecule has 2 fully saturated rings. The quantitative estimate of drug-likeness (QED) is 0.353. The average molecular weight is 458 g/mol. The molecule has 2 aromatic carbocycles. The number of nitrogens with one attached hydrogen (secondary N) is 3. The Morgan fingerprint density at radius 2 is 1.21 bits per heavy atom. The topological polar surface area (TPSA) is 74.0 Å². The highest BCUT2D eigenvalue weighted by atomic mass is 16.2. The van der Waals surface area contributed by atoms with Crippen molar-refractivity contribution in [3.05, 3.63) is 48.7 Å². The van der Waals surface area contributed by atoms with Crippen molar-refractivity contribution in [2.24, 2.45) is 11.8 Å². The number of hydrogen-bond donors (Lipinski definition) is 3. The van der Waals surface area contributed by atoms with E-state index in [0.29, 0.717) is 0 Å². The number of H-pyrrole nitrogens is 1. The summed E-state index contributed by atoms with van der Waals surface area (Å²) in [6, 6.07) is 14.1. The standard InChI is InChI=1S/C29H35N3O2/c33-28(21-8-4-1-2-5-9-21)31-23-14-12-20(13-15-23)26-19-30-27-17-16-24(18-25(26)27)32-29(34)22-10-6-3-7-11-22/h12-19,21-22,30H,1-11H2,(H,31,33)(H,32,34). The molecular weight excluding hydrogens is 422 g/mol. The van der Waals surface area contributed by atoms with Crippen LogP contribution in [-0.2, 0) is 9.59 Å². The summed E-state index contributed by atoms with van der Waals surface area (Å²) in [4.78, 5) is 28.7. The maximum atomic E-state index is 12.7. The van der Waals surface area contributed by atoms with Crippen molar-refractivity contribution in [1.82, 2.24) is 4.98 Å². The molecule has 0 atom stereocenters. The second kappa shape index (κ2) is 10.5.